The minimum Gasteiger partial charge on any atom is -0.241 e. The molecule has 0 amide bonds. The molecule has 0 atom stereocenters. The second-order valence-electron chi connectivity index (χ2n) is 8.50. The zero-order valence-electron chi connectivity index (χ0n) is 15.2. The highest BCUT2D eigenvalue weighted by molar-refractivity contribution is 5.19. The molecule has 0 aliphatic heterocycles. The first-order valence-electron chi connectivity index (χ1n) is 8.28. The third-order valence-corrected chi connectivity index (χ3v) is 3.72. The van der Waals surface area contributed by atoms with E-state index in [1.54, 1.807) is 6.20 Å². The molecule has 0 unspecified atom stereocenters. The summed E-state index contributed by atoms with van der Waals surface area (Å²) < 4.78 is 26.8. The fraction of sp³-hybridized carbons (Fsp3) is 0.500. The van der Waals surface area contributed by atoms with Gasteiger partial charge in [-0.1, -0.05) is 34.6 Å². The van der Waals surface area contributed by atoms with E-state index in [1.165, 1.54) is 12.1 Å². The predicted molar refractivity (Wildman–Crippen MR) is 92.7 cm³/mol. The first-order valence-corrected chi connectivity index (χ1v) is 8.28. The summed E-state index contributed by atoms with van der Waals surface area (Å²) in [6.45, 7) is 10.7. The number of benzene rings is 1. The molecule has 130 valence electrons. The molecule has 2 rings (SSSR count). The highest BCUT2D eigenvalue weighted by atomic mass is 19.1. The maximum Gasteiger partial charge on any atom is 0.129 e. The van der Waals surface area contributed by atoms with Gasteiger partial charge in [-0.3, -0.25) is 0 Å². The normalized spacial score (nSPS) is 12.5. The summed E-state index contributed by atoms with van der Waals surface area (Å²) in [7, 11) is 0. The molecule has 2 nitrogen and oxygen atoms in total. The predicted octanol–water partition coefficient (Wildman–Crippen LogP) is 5.15. The van der Waals surface area contributed by atoms with E-state index in [1.807, 2.05) is 6.07 Å². The van der Waals surface area contributed by atoms with Crippen LogP contribution in [0.2, 0.25) is 0 Å². The van der Waals surface area contributed by atoms with Crippen LogP contribution in [0.4, 0.5) is 8.78 Å². The van der Waals surface area contributed by atoms with Crippen LogP contribution in [0.15, 0.2) is 30.5 Å². The van der Waals surface area contributed by atoms with E-state index in [0.717, 1.165) is 24.0 Å². The van der Waals surface area contributed by atoms with Gasteiger partial charge in [-0.05, 0) is 47.4 Å². The van der Waals surface area contributed by atoms with Crippen molar-refractivity contribution in [3.05, 3.63) is 59.2 Å². The Balaban J connectivity index is 2.12. The topological polar surface area (TPSA) is 25.8 Å². The van der Waals surface area contributed by atoms with Crippen molar-refractivity contribution in [3.8, 4) is 0 Å². The highest BCUT2D eigenvalue weighted by Crippen LogP contribution is 2.27. The van der Waals surface area contributed by atoms with Gasteiger partial charge in [0.1, 0.15) is 17.5 Å². The van der Waals surface area contributed by atoms with Crippen molar-refractivity contribution in [1.82, 2.24) is 9.97 Å². The lowest BCUT2D eigenvalue weighted by Crippen LogP contribution is -2.21. The van der Waals surface area contributed by atoms with E-state index in [-0.39, 0.29) is 10.8 Å². The van der Waals surface area contributed by atoms with Crippen LogP contribution in [0.5, 0.6) is 0 Å². The lowest BCUT2D eigenvalue weighted by Gasteiger charge is -2.24. The van der Waals surface area contributed by atoms with Gasteiger partial charge in [0, 0.05) is 24.4 Å². The van der Waals surface area contributed by atoms with Crippen LogP contribution < -0.4 is 0 Å². The van der Waals surface area contributed by atoms with Crippen LogP contribution >= 0.6 is 0 Å². The van der Waals surface area contributed by atoms with Crippen molar-refractivity contribution in [2.24, 2.45) is 10.8 Å². The van der Waals surface area contributed by atoms with E-state index >= 15 is 0 Å². The monoisotopic (exact) mass is 332 g/mol. The zero-order valence-corrected chi connectivity index (χ0v) is 15.2. The quantitative estimate of drug-likeness (QED) is 0.756. The smallest absolute Gasteiger partial charge is 0.129 e. The minimum absolute atomic E-state index is 0.167. The van der Waals surface area contributed by atoms with Crippen LogP contribution in [-0.4, -0.2) is 9.97 Å². The zero-order chi connectivity index (χ0) is 18.0. The largest absolute Gasteiger partial charge is 0.241 e. The molecule has 0 radical (unpaired) electrons. The Morgan fingerprint density at radius 1 is 0.875 bits per heavy atom. The Labute approximate surface area is 143 Å². The molecule has 0 fully saturated rings. The molecule has 0 bridgehead atoms. The van der Waals surface area contributed by atoms with Gasteiger partial charge >= 0.3 is 0 Å². The fourth-order valence-electron chi connectivity index (χ4n) is 2.92. The average molecular weight is 332 g/mol. The third kappa shape index (κ3) is 5.99. The van der Waals surface area contributed by atoms with Gasteiger partial charge in [0.05, 0.1) is 0 Å². The van der Waals surface area contributed by atoms with Crippen LogP contribution in [0.3, 0.4) is 0 Å². The highest BCUT2D eigenvalue weighted by Gasteiger charge is 2.22. The Morgan fingerprint density at radius 3 is 2.08 bits per heavy atom. The van der Waals surface area contributed by atoms with Gasteiger partial charge < -0.3 is 0 Å². The van der Waals surface area contributed by atoms with Crippen LogP contribution in [-0.2, 0) is 19.3 Å². The summed E-state index contributed by atoms with van der Waals surface area (Å²) in [5, 5.41) is 0. The lowest BCUT2D eigenvalue weighted by atomic mass is 9.82. The molecule has 0 aliphatic carbocycles. The lowest BCUT2D eigenvalue weighted by molar-refractivity contribution is 0.349. The fourth-order valence-corrected chi connectivity index (χ4v) is 2.92. The minimum atomic E-state index is -0.538. The van der Waals surface area contributed by atoms with E-state index in [9.17, 15) is 8.78 Å². The van der Waals surface area contributed by atoms with E-state index in [0.29, 0.717) is 18.4 Å². The molecule has 4 heteroatoms. The average Bonchev–Trinajstić information content (AvgIpc) is 2.33. The summed E-state index contributed by atoms with van der Waals surface area (Å²) in [6.07, 6.45) is 3.90. The molecule has 2 aromatic rings. The van der Waals surface area contributed by atoms with Gasteiger partial charge in [0.15, 0.2) is 0 Å². The molecule has 0 N–H and O–H groups in total. The number of hydrogen-bond acceptors (Lipinski definition) is 2. The molecular weight excluding hydrogens is 306 g/mol. The third-order valence-electron chi connectivity index (χ3n) is 3.72. The molecule has 0 spiro atoms. The van der Waals surface area contributed by atoms with Crippen LogP contribution in [0.1, 0.15) is 51.7 Å². The number of halogens is 2. The first kappa shape index (κ1) is 18.5. The second kappa shape index (κ2) is 6.96. The molecule has 1 heterocycles. The summed E-state index contributed by atoms with van der Waals surface area (Å²) in [4.78, 5) is 9.03. The van der Waals surface area contributed by atoms with Gasteiger partial charge in [-0.2, -0.15) is 0 Å². The summed E-state index contributed by atoms with van der Waals surface area (Å²) in [5.41, 5.74) is 1.66. The Kier molecular flexibility index (Phi) is 5.36. The molecule has 0 aliphatic rings. The Hall–Kier alpha value is -1.84. The standard InChI is InChI=1S/C20H26F2N2/c1-19(2,3)12-17-6-7-23-18(24-17)13-20(4,5)11-14-8-15(21)10-16(22)9-14/h6-10H,11-13H2,1-5H3. The van der Waals surface area contributed by atoms with Crippen molar-refractivity contribution in [2.45, 2.75) is 53.9 Å². The van der Waals surface area contributed by atoms with Gasteiger partial charge in [-0.25, -0.2) is 18.7 Å². The number of rotatable bonds is 5. The van der Waals surface area contributed by atoms with E-state index < -0.39 is 11.6 Å². The molecule has 24 heavy (non-hydrogen) atoms. The van der Waals surface area contributed by atoms with Crippen molar-refractivity contribution >= 4 is 0 Å². The summed E-state index contributed by atoms with van der Waals surface area (Å²) >= 11 is 0. The molecule has 0 saturated carbocycles. The maximum absolute atomic E-state index is 13.4. The van der Waals surface area contributed by atoms with Gasteiger partial charge in [0.25, 0.3) is 0 Å². The molecule has 1 aromatic heterocycles. The van der Waals surface area contributed by atoms with Crippen molar-refractivity contribution in [3.63, 3.8) is 0 Å². The number of aromatic nitrogens is 2. The Morgan fingerprint density at radius 2 is 1.50 bits per heavy atom. The number of hydrogen-bond donors (Lipinski definition) is 0. The molecule has 1 aromatic carbocycles. The van der Waals surface area contributed by atoms with Crippen molar-refractivity contribution in [2.75, 3.05) is 0 Å². The van der Waals surface area contributed by atoms with E-state index in [4.69, 9.17) is 0 Å². The summed E-state index contributed by atoms with van der Waals surface area (Å²) in [5.74, 6) is -0.299. The SMILES string of the molecule is CC(C)(C)Cc1ccnc(CC(C)(C)Cc2cc(F)cc(F)c2)n1. The molecular formula is C20H26F2N2. The van der Waals surface area contributed by atoms with Crippen molar-refractivity contribution in [1.29, 1.82) is 0 Å². The Bertz CT molecular complexity index is 683. The first-order chi connectivity index (χ1) is 11.0. The van der Waals surface area contributed by atoms with E-state index in [2.05, 4.69) is 44.6 Å². The molecule has 0 saturated heterocycles. The van der Waals surface area contributed by atoms with Crippen LogP contribution in [0.25, 0.3) is 0 Å². The van der Waals surface area contributed by atoms with Crippen molar-refractivity contribution < 1.29 is 8.78 Å². The number of nitrogens with zero attached hydrogens (tertiary/aromatic N) is 2. The van der Waals surface area contributed by atoms with Gasteiger partial charge in [-0.15, -0.1) is 0 Å². The summed E-state index contributed by atoms with van der Waals surface area (Å²) in [6, 6.07) is 5.63. The second-order valence-corrected chi connectivity index (χ2v) is 8.50. The van der Waals surface area contributed by atoms with Crippen LogP contribution in [0, 0.1) is 22.5 Å². The maximum atomic E-state index is 13.4. The van der Waals surface area contributed by atoms with Gasteiger partial charge in [0.2, 0.25) is 0 Å².